The van der Waals surface area contributed by atoms with Crippen LogP contribution < -0.4 is 5.32 Å². The SMILES string of the molecule is CCC/C=C\CCCCCCCC(=O)NC(COC1OC(CO)C(OC2OC(CO)C(OC3OC(CO)C(O)C(O)C3O)C(O)C2O)C(O)C1O)C(O)/C=C/CC/C=C/CC/C=C/CCCCC. The van der Waals surface area contributed by atoms with Crippen molar-refractivity contribution < 1.29 is 89.4 Å². The number of amides is 1. The van der Waals surface area contributed by atoms with Gasteiger partial charge in [0.15, 0.2) is 18.9 Å². The molecular weight excluding hydrogens is 891 g/mol. The summed E-state index contributed by atoms with van der Waals surface area (Å²) in [5.41, 5.74) is 0. The lowest BCUT2D eigenvalue weighted by Gasteiger charge is -2.48. The Morgan fingerprint density at radius 3 is 1.53 bits per heavy atom. The first kappa shape index (κ1) is 60.1. The summed E-state index contributed by atoms with van der Waals surface area (Å²) >= 11 is 0. The van der Waals surface area contributed by atoms with Gasteiger partial charge in [-0.15, -0.1) is 0 Å². The van der Waals surface area contributed by atoms with E-state index >= 15 is 0 Å². The van der Waals surface area contributed by atoms with Crippen LogP contribution in [-0.4, -0.2) is 193 Å². The Morgan fingerprint density at radius 1 is 0.515 bits per heavy atom. The van der Waals surface area contributed by atoms with Crippen molar-refractivity contribution in [2.75, 3.05) is 26.4 Å². The predicted octanol–water partition coefficient (Wildman–Crippen LogP) is 1.19. The first-order valence-corrected chi connectivity index (χ1v) is 24.9. The fourth-order valence-electron chi connectivity index (χ4n) is 8.10. The summed E-state index contributed by atoms with van der Waals surface area (Å²) in [6.45, 7) is 1.52. The first-order valence-electron chi connectivity index (χ1n) is 24.9. The number of unbranched alkanes of at least 4 members (excludes halogenated alkanes) is 11. The molecule has 1 amide bonds. The molecule has 17 atom stereocenters. The average molecular weight is 976 g/mol. The van der Waals surface area contributed by atoms with E-state index in [1.165, 1.54) is 19.3 Å². The maximum Gasteiger partial charge on any atom is 0.220 e. The molecule has 3 fully saturated rings. The van der Waals surface area contributed by atoms with Crippen LogP contribution in [0, 0.1) is 0 Å². The van der Waals surface area contributed by atoms with E-state index in [1.54, 1.807) is 6.08 Å². The highest BCUT2D eigenvalue weighted by Gasteiger charge is 2.53. The van der Waals surface area contributed by atoms with E-state index < -0.39 is 124 Å². The van der Waals surface area contributed by atoms with Crippen molar-refractivity contribution in [1.29, 1.82) is 0 Å². The molecule has 19 nitrogen and oxygen atoms in total. The molecule has 0 spiro atoms. The number of hydrogen-bond donors (Lipinski definition) is 12. The number of rotatable bonds is 33. The molecule has 19 heteroatoms. The molecule has 3 saturated heterocycles. The lowest BCUT2D eigenvalue weighted by molar-refractivity contribution is -0.379. The Bertz CT molecular complexity index is 1450. The molecule has 0 aromatic heterocycles. The Kier molecular flexibility index (Phi) is 30.2. The van der Waals surface area contributed by atoms with Gasteiger partial charge in [-0.05, 0) is 64.2 Å². The van der Waals surface area contributed by atoms with Crippen molar-refractivity contribution >= 4 is 5.91 Å². The van der Waals surface area contributed by atoms with E-state index in [0.717, 1.165) is 70.6 Å². The minimum absolute atomic E-state index is 0.219. The van der Waals surface area contributed by atoms with Crippen LogP contribution in [0.3, 0.4) is 0 Å². The fraction of sp³-hybridized carbons (Fsp3) is 0.816. The minimum atomic E-state index is -1.98. The third-order valence-electron chi connectivity index (χ3n) is 12.3. The van der Waals surface area contributed by atoms with Gasteiger partial charge in [0.25, 0.3) is 0 Å². The predicted molar refractivity (Wildman–Crippen MR) is 249 cm³/mol. The number of carbonyl (C=O) groups excluding carboxylic acids is 1. The van der Waals surface area contributed by atoms with E-state index in [9.17, 15) is 61.0 Å². The summed E-state index contributed by atoms with van der Waals surface area (Å²) < 4.78 is 34.0. The zero-order valence-corrected chi connectivity index (χ0v) is 40.1. The number of aliphatic hydroxyl groups is 11. The number of aliphatic hydroxyl groups excluding tert-OH is 11. The van der Waals surface area contributed by atoms with Crippen molar-refractivity contribution in [2.24, 2.45) is 0 Å². The van der Waals surface area contributed by atoms with Crippen molar-refractivity contribution in [3.05, 3.63) is 48.6 Å². The van der Waals surface area contributed by atoms with Gasteiger partial charge in [-0.2, -0.15) is 0 Å². The lowest BCUT2D eigenvalue weighted by Crippen LogP contribution is -2.66. The molecule has 17 unspecified atom stereocenters. The van der Waals surface area contributed by atoms with Crippen molar-refractivity contribution in [1.82, 2.24) is 5.32 Å². The van der Waals surface area contributed by atoms with Gasteiger partial charge in [0.2, 0.25) is 5.91 Å². The van der Waals surface area contributed by atoms with Gasteiger partial charge in [-0.25, -0.2) is 0 Å². The van der Waals surface area contributed by atoms with E-state index in [-0.39, 0.29) is 18.9 Å². The number of ether oxygens (including phenoxy) is 6. The molecule has 3 heterocycles. The second-order valence-electron chi connectivity index (χ2n) is 17.9. The van der Waals surface area contributed by atoms with Gasteiger partial charge >= 0.3 is 0 Å². The van der Waals surface area contributed by atoms with Gasteiger partial charge in [-0.3, -0.25) is 4.79 Å². The number of allylic oxidation sites excluding steroid dienone is 7. The molecule has 0 saturated carbocycles. The van der Waals surface area contributed by atoms with E-state index in [4.69, 9.17) is 28.4 Å². The third-order valence-corrected chi connectivity index (χ3v) is 12.3. The molecule has 0 aromatic carbocycles. The van der Waals surface area contributed by atoms with Crippen LogP contribution in [0.2, 0.25) is 0 Å². The summed E-state index contributed by atoms with van der Waals surface area (Å²) in [6.07, 6.45) is 5.65. The Labute approximate surface area is 402 Å². The first-order chi connectivity index (χ1) is 32.8. The number of nitrogens with one attached hydrogen (secondary N) is 1. The normalized spacial score (nSPS) is 33.6. The zero-order valence-electron chi connectivity index (χ0n) is 40.1. The second kappa shape index (κ2) is 34.2. The van der Waals surface area contributed by atoms with Crippen LogP contribution in [-0.2, 0) is 33.2 Å². The maximum atomic E-state index is 13.1. The molecule has 3 rings (SSSR count). The molecule has 0 aromatic rings. The standard InChI is InChI=1S/C49H85NO18/c1-3-5-7-9-11-13-15-16-17-18-20-22-24-26-33(54)32(50-37(55)27-25-23-21-19-14-12-10-8-6-4-2)31-63-47-43(61)40(58)45(35(29-52)65-47)68-49-44(62)41(59)46(36(30-53)66-49)67-48-42(60)39(57)38(56)34(28-51)64-48/h8,10-11,13,17-18,24,26,32-36,38-49,51-54,56-62H,3-7,9,12,14-16,19-23,25,27-31H2,1-2H3,(H,50,55)/b10-8-,13-11+,18-17+,26-24+. The molecule has 394 valence electrons. The summed E-state index contributed by atoms with van der Waals surface area (Å²) in [5.74, 6) is -0.307. The van der Waals surface area contributed by atoms with Gasteiger partial charge < -0.3 is 89.9 Å². The molecule has 0 aliphatic carbocycles. The number of carbonyl (C=O) groups is 1. The third kappa shape index (κ3) is 20.1. The van der Waals surface area contributed by atoms with Gasteiger partial charge in [0, 0.05) is 6.42 Å². The molecule has 12 N–H and O–H groups in total. The van der Waals surface area contributed by atoms with E-state index in [0.29, 0.717) is 12.8 Å². The smallest absolute Gasteiger partial charge is 0.220 e. The van der Waals surface area contributed by atoms with Gasteiger partial charge in [0.05, 0.1) is 38.6 Å². The van der Waals surface area contributed by atoms with Crippen LogP contribution in [0.25, 0.3) is 0 Å². The van der Waals surface area contributed by atoms with Crippen LogP contribution in [0.5, 0.6) is 0 Å². The Balaban J connectivity index is 1.60. The molecule has 0 bridgehead atoms. The summed E-state index contributed by atoms with van der Waals surface area (Å²) in [5, 5.41) is 119. The second-order valence-corrected chi connectivity index (χ2v) is 17.9. The fourth-order valence-corrected chi connectivity index (χ4v) is 8.10. The molecule has 3 aliphatic heterocycles. The highest BCUT2D eigenvalue weighted by atomic mass is 16.8. The topological polar surface area (TPSA) is 307 Å². The Morgan fingerprint density at radius 2 is 0.971 bits per heavy atom. The zero-order chi connectivity index (χ0) is 49.8. The quantitative estimate of drug-likeness (QED) is 0.0325. The van der Waals surface area contributed by atoms with Crippen LogP contribution in [0.1, 0.15) is 123 Å². The highest BCUT2D eigenvalue weighted by molar-refractivity contribution is 5.76. The summed E-state index contributed by atoms with van der Waals surface area (Å²) in [7, 11) is 0. The van der Waals surface area contributed by atoms with Crippen molar-refractivity contribution in [3.63, 3.8) is 0 Å². The van der Waals surface area contributed by atoms with E-state index in [1.807, 2.05) is 6.08 Å². The molecule has 0 radical (unpaired) electrons. The van der Waals surface area contributed by atoms with Crippen LogP contribution in [0.15, 0.2) is 48.6 Å². The maximum absolute atomic E-state index is 13.1. The largest absolute Gasteiger partial charge is 0.394 e. The van der Waals surface area contributed by atoms with Crippen molar-refractivity contribution in [2.45, 2.75) is 227 Å². The van der Waals surface area contributed by atoms with Gasteiger partial charge in [-0.1, -0.05) is 101 Å². The Hall–Kier alpha value is -2.25. The number of hydrogen-bond acceptors (Lipinski definition) is 18. The monoisotopic (exact) mass is 976 g/mol. The summed E-state index contributed by atoms with van der Waals surface area (Å²) in [6, 6.07) is -0.997. The van der Waals surface area contributed by atoms with Crippen LogP contribution >= 0.6 is 0 Å². The van der Waals surface area contributed by atoms with E-state index in [2.05, 4.69) is 55.6 Å². The average Bonchev–Trinajstić information content (AvgIpc) is 3.33. The molecular formula is C49H85NO18. The molecule has 68 heavy (non-hydrogen) atoms. The lowest BCUT2D eigenvalue weighted by atomic mass is 9.96. The minimum Gasteiger partial charge on any atom is -0.394 e. The molecule has 3 aliphatic rings. The van der Waals surface area contributed by atoms with Crippen LogP contribution in [0.4, 0.5) is 0 Å². The highest BCUT2D eigenvalue weighted by Crippen LogP contribution is 2.33. The summed E-state index contributed by atoms with van der Waals surface area (Å²) in [4.78, 5) is 13.1. The van der Waals surface area contributed by atoms with Crippen molar-refractivity contribution in [3.8, 4) is 0 Å². The van der Waals surface area contributed by atoms with Gasteiger partial charge in [0.1, 0.15) is 73.2 Å².